The third kappa shape index (κ3) is 4.74. The zero-order chi connectivity index (χ0) is 14.5. The van der Waals surface area contributed by atoms with Crippen LogP contribution < -0.4 is 4.72 Å². The predicted octanol–water partition coefficient (Wildman–Crippen LogP) is 1.06. The standard InChI is InChI=1S/C12H19ClN2O3S/c1-3-15(2)7-6-14-19(17,18)11-4-5-12(13)10(8-11)9-16/h4-5,8,14,16H,3,6-7,9H2,1-2H3. The summed E-state index contributed by atoms with van der Waals surface area (Å²) in [6.07, 6.45) is 0. The van der Waals surface area contributed by atoms with Gasteiger partial charge in [-0.3, -0.25) is 0 Å². The Morgan fingerprint density at radius 2 is 2.11 bits per heavy atom. The molecule has 0 fully saturated rings. The van der Waals surface area contributed by atoms with Gasteiger partial charge in [0.05, 0.1) is 11.5 Å². The van der Waals surface area contributed by atoms with Crippen LogP contribution in [-0.2, 0) is 16.6 Å². The first-order valence-corrected chi connectivity index (χ1v) is 7.84. The number of benzene rings is 1. The minimum absolute atomic E-state index is 0.111. The van der Waals surface area contributed by atoms with Crippen molar-refractivity contribution in [2.24, 2.45) is 0 Å². The van der Waals surface area contributed by atoms with Crippen molar-refractivity contribution in [3.8, 4) is 0 Å². The second kappa shape index (κ2) is 7.21. The quantitative estimate of drug-likeness (QED) is 0.790. The van der Waals surface area contributed by atoms with E-state index in [4.69, 9.17) is 16.7 Å². The SMILES string of the molecule is CCN(C)CCNS(=O)(=O)c1ccc(Cl)c(CO)c1. The number of nitrogens with one attached hydrogen (secondary N) is 1. The first-order valence-electron chi connectivity index (χ1n) is 5.98. The fourth-order valence-electron chi connectivity index (χ4n) is 1.45. The van der Waals surface area contributed by atoms with Gasteiger partial charge in [0.15, 0.2) is 0 Å². The highest BCUT2D eigenvalue weighted by Crippen LogP contribution is 2.20. The van der Waals surface area contributed by atoms with E-state index in [2.05, 4.69) is 4.72 Å². The molecule has 1 rings (SSSR count). The molecule has 0 heterocycles. The van der Waals surface area contributed by atoms with Gasteiger partial charge in [-0.2, -0.15) is 0 Å². The lowest BCUT2D eigenvalue weighted by molar-refractivity contribution is 0.281. The Balaban J connectivity index is 2.77. The topological polar surface area (TPSA) is 69.6 Å². The molecule has 0 saturated carbocycles. The molecular weight excluding hydrogens is 288 g/mol. The smallest absolute Gasteiger partial charge is 0.240 e. The molecular formula is C12H19ClN2O3S. The van der Waals surface area contributed by atoms with E-state index in [0.717, 1.165) is 6.54 Å². The lowest BCUT2D eigenvalue weighted by Crippen LogP contribution is -2.32. The van der Waals surface area contributed by atoms with Crippen LogP contribution in [0.2, 0.25) is 5.02 Å². The van der Waals surface area contributed by atoms with E-state index in [1.807, 2.05) is 18.9 Å². The van der Waals surface area contributed by atoms with Gasteiger partial charge in [0.1, 0.15) is 0 Å². The number of likely N-dealkylation sites (N-methyl/N-ethyl adjacent to an activating group) is 1. The van der Waals surface area contributed by atoms with Gasteiger partial charge >= 0.3 is 0 Å². The molecule has 0 spiro atoms. The second-order valence-corrected chi connectivity index (χ2v) is 6.38. The fourth-order valence-corrected chi connectivity index (χ4v) is 2.70. The summed E-state index contributed by atoms with van der Waals surface area (Å²) in [5.41, 5.74) is 0.398. The summed E-state index contributed by atoms with van der Waals surface area (Å²) in [5.74, 6) is 0. The monoisotopic (exact) mass is 306 g/mol. The Morgan fingerprint density at radius 3 is 2.68 bits per heavy atom. The maximum absolute atomic E-state index is 12.0. The molecule has 0 aliphatic heterocycles. The van der Waals surface area contributed by atoms with Crippen molar-refractivity contribution in [3.63, 3.8) is 0 Å². The van der Waals surface area contributed by atoms with Crippen LogP contribution in [0.25, 0.3) is 0 Å². The lowest BCUT2D eigenvalue weighted by atomic mass is 10.2. The van der Waals surface area contributed by atoms with Crippen molar-refractivity contribution in [2.75, 3.05) is 26.7 Å². The Bertz CT molecular complexity index is 520. The molecule has 0 unspecified atom stereocenters. The van der Waals surface area contributed by atoms with Gasteiger partial charge in [-0.05, 0) is 37.4 Å². The molecule has 0 aliphatic rings. The van der Waals surface area contributed by atoms with Crippen LogP contribution in [0.3, 0.4) is 0 Å². The van der Waals surface area contributed by atoms with E-state index in [-0.39, 0.29) is 11.5 Å². The van der Waals surface area contributed by atoms with Crippen LogP contribution in [0, 0.1) is 0 Å². The van der Waals surface area contributed by atoms with Crippen molar-refractivity contribution in [3.05, 3.63) is 28.8 Å². The Kier molecular flexibility index (Phi) is 6.22. The summed E-state index contributed by atoms with van der Waals surface area (Å²) in [7, 11) is -1.64. The highest BCUT2D eigenvalue weighted by Gasteiger charge is 2.15. The van der Waals surface area contributed by atoms with E-state index in [0.29, 0.717) is 23.7 Å². The summed E-state index contributed by atoms with van der Waals surface area (Å²) in [5, 5.41) is 9.44. The van der Waals surface area contributed by atoms with Crippen molar-refractivity contribution in [1.82, 2.24) is 9.62 Å². The average molecular weight is 307 g/mol. The van der Waals surface area contributed by atoms with E-state index in [1.54, 1.807) is 0 Å². The van der Waals surface area contributed by atoms with Crippen LogP contribution in [0.1, 0.15) is 12.5 Å². The molecule has 0 aliphatic carbocycles. The summed E-state index contributed by atoms with van der Waals surface area (Å²) < 4.78 is 26.6. The molecule has 1 aromatic carbocycles. The van der Waals surface area contributed by atoms with Crippen LogP contribution in [-0.4, -0.2) is 45.1 Å². The average Bonchev–Trinajstić information content (AvgIpc) is 2.38. The number of hydrogen-bond acceptors (Lipinski definition) is 4. The summed E-state index contributed by atoms with van der Waals surface area (Å²) in [4.78, 5) is 2.11. The number of sulfonamides is 1. The number of rotatable bonds is 7. The Hall–Kier alpha value is -0.660. The van der Waals surface area contributed by atoms with E-state index in [1.165, 1.54) is 18.2 Å². The molecule has 5 nitrogen and oxygen atoms in total. The van der Waals surface area contributed by atoms with E-state index >= 15 is 0 Å². The highest BCUT2D eigenvalue weighted by molar-refractivity contribution is 7.89. The minimum atomic E-state index is -3.56. The Labute approximate surface area is 119 Å². The molecule has 0 bridgehead atoms. The summed E-state index contributed by atoms with van der Waals surface area (Å²) in [6, 6.07) is 4.28. The Morgan fingerprint density at radius 1 is 1.42 bits per heavy atom. The number of aliphatic hydroxyl groups excluding tert-OH is 1. The van der Waals surface area contributed by atoms with Crippen molar-refractivity contribution in [1.29, 1.82) is 0 Å². The summed E-state index contributed by atoms with van der Waals surface area (Å²) >= 11 is 5.83. The van der Waals surface area contributed by atoms with Gasteiger partial charge in [0, 0.05) is 18.1 Å². The zero-order valence-corrected chi connectivity index (χ0v) is 12.6. The molecule has 0 amide bonds. The molecule has 0 radical (unpaired) electrons. The molecule has 0 atom stereocenters. The van der Waals surface area contributed by atoms with Gasteiger partial charge in [-0.25, -0.2) is 13.1 Å². The molecule has 0 aromatic heterocycles. The molecule has 19 heavy (non-hydrogen) atoms. The van der Waals surface area contributed by atoms with Crippen LogP contribution >= 0.6 is 11.6 Å². The first-order chi connectivity index (χ1) is 8.90. The second-order valence-electron chi connectivity index (χ2n) is 4.21. The molecule has 2 N–H and O–H groups in total. The van der Waals surface area contributed by atoms with Crippen LogP contribution in [0.5, 0.6) is 0 Å². The molecule has 7 heteroatoms. The van der Waals surface area contributed by atoms with Gasteiger partial charge in [-0.15, -0.1) is 0 Å². The zero-order valence-electron chi connectivity index (χ0n) is 11.1. The largest absolute Gasteiger partial charge is 0.392 e. The summed E-state index contributed by atoms with van der Waals surface area (Å²) in [6.45, 7) is 3.54. The van der Waals surface area contributed by atoms with Gasteiger partial charge < -0.3 is 10.0 Å². The number of halogens is 1. The van der Waals surface area contributed by atoms with Gasteiger partial charge in [-0.1, -0.05) is 18.5 Å². The van der Waals surface area contributed by atoms with Crippen molar-refractivity contribution >= 4 is 21.6 Å². The van der Waals surface area contributed by atoms with Crippen molar-refractivity contribution in [2.45, 2.75) is 18.4 Å². The molecule has 1 aromatic rings. The highest BCUT2D eigenvalue weighted by atomic mass is 35.5. The van der Waals surface area contributed by atoms with Gasteiger partial charge in [0.25, 0.3) is 0 Å². The predicted molar refractivity (Wildman–Crippen MR) is 75.7 cm³/mol. The lowest BCUT2D eigenvalue weighted by Gasteiger charge is -2.14. The van der Waals surface area contributed by atoms with Crippen LogP contribution in [0.4, 0.5) is 0 Å². The number of aliphatic hydroxyl groups is 1. The van der Waals surface area contributed by atoms with Gasteiger partial charge in [0.2, 0.25) is 10.0 Å². The third-order valence-electron chi connectivity index (χ3n) is 2.82. The third-order valence-corrected chi connectivity index (χ3v) is 4.65. The van der Waals surface area contributed by atoms with E-state index in [9.17, 15) is 8.42 Å². The van der Waals surface area contributed by atoms with E-state index < -0.39 is 10.0 Å². The maximum Gasteiger partial charge on any atom is 0.240 e. The minimum Gasteiger partial charge on any atom is -0.392 e. The number of nitrogens with zero attached hydrogens (tertiary/aromatic N) is 1. The molecule has 108 valence electrons. The van der Waals surface area contributed by atoms with Crippen LogP contribution in [0.15, 0.2) is 23.1 Å². The fraction of sp³-hybridized carbons (Fsp3) is 0.500. The first kappa shape index (κ1) is 16.4. The maximum atomic E-state index is 12.0. The molecule has 0 saturated heterocycles. The van der Waals surface area contributed by atoms with Crippen molar-refractivity contribution < 1.29 is 13.5 Å². The number of hydrogen-bond donors (Lipinski definition) is 2. The normalized spacial score (nSPS) is 12.1.